The van der Waals surface area contributed by atoms with Crippen LogP contribution in [0.1, 0.15) is 18.4 Å². The fourth-order valence-corrected chi connectivity index (χ4v) is 2.89. The zero-order valence-corrected chi connectivity index (χ0v) is 14.8. The minimum absolute atomic E-state index is 0.0966. The molecule has 7 heteroatoms. The van der Waals surface area contributed by atoms with Gasteiger partial charge in [0.15, 0.2) is 0 Å². The van der Waals surface area contributed by atoms with Crippen LogP contribution in [-0.4, -0.2) is 57.3 Å². The van der Waals surface area contributed by atoms with Crippen LogP contribution in [0.15, 0.2) is 24.3 Å². The van der Waals surface area contributed by atoms with Gasteiger partial charge in [0.2, 0.25) is 5.91 Å². The van der Waals surface area contributed by atoms with Gasteiger partial charge in [-0.05, 0) is 19.1 Å². The first-order valence-corrected chi connectivity index (χ1v) is 8.86. The van der Waals surface area contributed by atoms with E-state index in [9.17, 15) is 14.7 Å². The smallest absolute Gasteiger partial charge is 0.230 e. The number of carbonyl (C=O) groups is 2. The number of nitrogens with two attached hydrogens (primary N) is 1. The Morgan fingerprint density at radius 2 is 1.96 bits per heavy atom. The molecule has 1 aromatic carbocycles. The van der Waals surface area contributed by atoms with Crippen molar-refractivity contribution in [1.29, 1.82) is 0 Å². The molecule has 0 aliphatic carbocycles. The molecule has 7 nitrogen and oxygen atoms in total. The molecule has 138 valence electrons. The van der Waals surface area contributed by atoms with Crippen LogP contribution < -0.4 is 20.6 Å². The summed E-state index contributed by atoms with van der Waals surface area (Å²) in [4.78, 5) is 24.8. The minimum atomic E-state index is -1.20. The van der Waals surface area contributed by atoms with Gasteiger partial charge in [0.25, 0.3) is 0 Å². The maximum absolute atomic E-state index is 12.1. The Balaban J connectivity index is 1.70. The fourth-order valence-electron chi connectivity index (χ4n) is 2.89. The van der Waals surface area contributed by atoms with Gasteiger partial charge in [-0.1, -0.05) is 17.7 Å². The quantitative estimate of drug-likeness (QED) is 0.422. The summed E-state index contributed by atoms with van der Waals surface area (Å²) >= 11 is 0. The number of hydrogen-bond donors (Lipinski definition) is 3. The third-order valence-corrected chi connectivity index (χ3v) is 4.43. The molecule has 1 aliphatic heterocycles. The average molecular weight is 350 g/mol. The lowest BCUT2D eigenvalue weighted by Crippen LogP contribution is -3.14. The van der Waals surface area contributed by atoms with Gasteiger partial charge in [-0.3, -0.25) is 4.79 Å². The molecule has 1 amide bonds. The standard InChI is InChI=1S/C18H27N3O4/c1-14-3-5-15(6-4-14)20-17(22)13-16(18(23)24)19-7-2-8-21-9-11-25-12-10-21/h3-6,16,19H,2,7-13H2,1H3,(H,20,22)(H,23,24)/p+1/t16-/m0/s1. The number of morpholine rings is 1. The number of ether oxygens (including phenoxy) is 1. The Labute approximate surface area is 148 Å². The van der Waals surface area contributed by atoms with Crippen molar-refractivity contribution in [2.24, 2.45) is 0 Å². The molecule has 1 aromatic rings. The highest BCUT2D eigenvalue weighted by Gasteiger charge is 2.19. The Bertz CT molecular complexity index is 556. The summed E-state index contributed by atoms with van der Waals surface area (Å²) in [6, 6.07) is 6.54. The fraction of sp³-hybridized carbons (Fsp3) is 0.556. The predicted molar refractivity (Wildman–Crippen MR) is 91.0 cm³/mol. The summed E-state index contributed by atoms with van der Waals surface area (Å²) in [5, 5.41) is 15.7. The Kier molecular flexibility index (Phi) is 7.84. The number of nitrogens with one attached hydrogen (secondary N) is 2. The molecule has 0 unspecified atom stereocenters. The van der Waals surface area contributed by atoms with E-state index >= 15 is 0 Å². The van der Waals surface area contributed by atoms with Crippen LogP contribution in [0.4, 0.5) is 5.69 Å². The molecule has 0 spiro atoms. The van der Waals surface area contributed by atoms with Gasteiger partial charge in [0, 0.05) is 12.1 Å². The molecular weight excluding hydrogens is 322 g/mol. The number of carbonyl (C=O) groups excluding carboxylic acids is 2. The molecule has 0 aromatic heterocycles. The van der Waals surface area contributed by atoms with Crippen LogP contribution >= 0.6 is 0 Å². The second-order valence-electron chi connectivity index (χ2n) is 6.53. The lowest BCUT2D eigenvalue weighted by Gasteiger charge is -2.23. The number of quaternary nitrogens is 2. The summed E-state index contributed by atoms with van der Waals surface area (Å²) in [7, 11) is 0. The first-order valence-electron chi connectivity index (χ1n) is 8.86. The van der Waals surface area contributed by atoms with E-state index in [0.29, 0.717) is 12.2 Å². The number of carboxylic acid groups (broad SMARTS) is 1. The number of carboxylic acids is 1. The molecule has 0 radical (unpaired) electrons. The summed E-state index contributed by atoms with van der Waals surface area (Å²) in [5.74, 6) is -1.51. The maximum atomic E-state index is 12.1. The van der Waals surface area contributed by atoms with E-state index in [-0.39, 0.29) is 12.3 Å². The molecule has 0 saturated carbocycles. The highest BCUT2D eigenvalue weighted by atomic mass is 16.5. The van der Waals surface area contributed by atoms with Gasteiger partial charge < -0.3 is 30.2 Å². The van der Waals surface area contributed by atoms with Crippen LogP contribution in [-0.2, 0) is 14.3 Å². The molecule has 1 fully saturated rings. The molecule has 1 heterocycles. The summed E-state index contributed by atoms with van der Waals surface area (Å²) < 4.78 is 5.32. The molecule has 25 heavy (non-hydrogen) atoms. The van der Waals surface area contributed by atoms with Gasteiger partial charge in [-0.15, -0.1) is 0 Å². The van der Waals surface area contributed by atoms with Crippen LogP contribution in [0.25, 0.3) is 0 Å². The number of aryl methyl sites for hydroxylation is 1. The Hall–Kier alpha value is -1.96. The molecular formula is C18H28N3O4+. The van der Waals surface area contributed by atoms with Gasteiger partial charge in [-0.2, -0.15) is 0 Å². The zero-order valence-electron chi connectivity index (χ0n) is 14.8. The van der Waals surface area contributed by atoms with Crippen molar-refractivity contribution in [2.75, 3.05) is 44.7 Å². The number of amides is 1. The molecule has 1 aliphatic rings. The topological polar surface area (TPSA) is 99.5 Å². The third-order valence-electron chi connectivity index (χ3n) is 4.43. The maximum Gasteiger partial charge on any atom is 0.230 e. The van der Waals surface area contributed by atoms with E-state index < -0.39 is 12.0 Å². The molecule has 0 bridgehead atoms. The summed E-state index contributed by atoms with van der Waals surface area (Å²) in [6.45, 7) is 7.22. The van der Waals surface area contributed by atoms with Crippen LogP contribution in [0.3, 0.4) is 0 Å². The predicted octanol–water partition coefficient (Wildman–Crippen LogP) is -2.69. The number of benzene rings is 1. The summed E-state index contributed by atoms with van der Waals surface area (Å²) in [6.07, 6.45) is 0.805. The third kappa shape index (κ3) is 7.21. The Morgan fingerprint density at radius 1 is 1.28 bits per heavy atom. The monoisotopic (exact) mass is 350 g/mol. The second-order valence-corrected chi connectivity index (χ2v) is 6.53. The van der Waals surface area contributed by atoms with Crippen molar-refractivity contribution < 1.29 is 29.6 Å². The number of rotatable bonds is 9. The van der Waals surface area contributed by atoms with Crippen molar-refractivity contribution in [1.82, 2.24) is 0 Å². The van der Waals surface area contributed by atoms with E-state index in [1.54, 1.807) is 17.4 Å². The van der Waals surface area contributed by atoms with E-state index in [2.05, 4.69) is 5.32 Å². The molecule has 4 N–H and O–H groups in total. The molecule has 2 rings (SSSR count). The van der Waals surface area contributed by atoms with Crippen molar-refractivity contribution in [2.45, 2.75) is 25.8 Å². The summed E-state index contributed by atoms with van der Waals surface area (Å²) in [5.41, 5.74) is 1.77. The van der Waals surface area contributed by atoms with Gasteiger partial charge in [-0.25, -0.2) is 0 Å². The van der Waals surface area contributed by atoms with Crippen molar-refractivity contribution >= 4 is 17.6 Å². The van der Waals surface area contributed by atoms with E-state index in [1.165, 1.54) is 4.90 Å². The van der Waals surface area contributed by atoms with Crippen molar-refractivity contribution in [3.05, 3.63) is 29.8 Å². The number of aliphatic carboxylic acids is 1. The first kappa shape index (κ1) is 19.4. The second kappa shape index (κ2) is 10.1. The first-order chi connectivity index (χ1) is 12.0. The van der Waals surface area contributed by atoms with E-state index in [1.807, 2.05) is 19.1 Å². The lowest BCUT2D eigenvalue weighted by molar-refractivity contribution is -0.909. The normalized spacial score (nSPS) is 16.4. The Morgan fingerprint density at radius 3 is 2.60 bits per heavy atom. The van der Waals surface area contributed by atoms with Gasteiger partial charge in [0.1, 0.15) is 19.1 Å². The minimum Gasteiger partial charge on any atom is -0.544 e. The lowest BCUT2D eigenvalue weighted by atomic mass is 10.1. The highest BCUT2D eigenvalue weighted by Crippen LogP contribution is 2.08. The number of hydrogen-bond acceptors (Lipinski definition) is 4. The van der Waals surface area contributed by atoms with Crippen molar-refractivity contribution in [3.63, 3.8) is 0 Å². The van der Waals surface area contributed by atoms with Gasteiger partial charge >= 0.3 is 0 Å². The largest absolute Gasteiger partial charge is 0.544 e. The van der Waals surface area contributed by atoms with E-state index in [4.69, 9.17) is 4.74 Å². The van der Waals surface area contributed by atoms with Crippen molar-refractivity contribution in [3.8, 4) is 0 Å². The van der Waals surface area contributed by atoms with Crippen LogP contribution in [0, 0.1) is 6.92 Å². The highest BCUT2D eigenvalue weighted by molar-refractivity contribution is 5.93. The number of anilines is 1. The zero-order chi connectivity index (χ0) is 18.1. The van der Waals surface area contributed by atoms with Gasteiger partial charge in [0.05, 0.1) is 38.7 Å². The molecule has 1 saturated heterocycles. The average Bonchev–Trinajstić information content (AvgIpc) is 2.60. The molecule has 1 atom stereocenters. The van der Waals surface area contributed by atoms with E-state index in [0.717, 1.165) is 44.8 Å². The van der Waals surface area contributed by atoms with Crippen LogP contribution in [0.2, 0.25) is 0 Å². The van der Waals surface area contributed by atoms with Crippen LogP contribution in [0.5, 0.6) is 0 Å². The SMILES string of the molecule is Cc1ccc(NC(=O)C[C@H]([NH2+]CCC[NH+]2CCOCC2)C(=O)[O-])cc1.